The number of nitrogens with two attached hydrogens (primary N) is 1. The van der Waals surface area contributed by atoms with Crippen molar-refractivity contribution in [2.75, 3.05) is 0 Å². The van der Waals surface area contributed by atoms with E-state index in [1.54, 1.807) is 42.7 Å². The summed E-state index contributed by atoms with van der Waals surface area (Å²) >= 11 is 0. The maximum atomic E-state index is 11.3. The number of para-hydroxylation sites is 2. The molecule has 33 heavy (non-hydrogen) atoms. The molecule has 164 valence electrons. The van der Waals surface area contributed by atoms with Crippen molar-refractivity contribution in [1.82, 2.24) is 4.57 Å². The molecule has 2 heterocycles. The maximum Gasteiger partial charge on any atom is 0.335 e. The number of rotatable bonds is 3. The van der Waals surface area contributed by atoms with Crippen LogP contribution in [0.4, 0.5) is 0 Å². The van der Waals surface area contributed by atoms with Crippen molar-refractivity contribution in [2.45, 2.75) is 6.92 Å². The van der Waals surface area contributed by atoms with E-state index in [4.69, 9.17) is 15.3 Å². The highest BCUT2D eigenvalue weighted by Crippen LogP contribution is 2.30. The van der Waals surface area contributed by atoms with Gasteiger partial charge in [0.25, 0.3) is 5.91 Å². The topological polar surface area (TPSA) is 116 Å². The van der Waals surface area contributed by atoms with E-state index in [9.17, 15) is 14.4 Å². The Balaban J connectivity index is 0.000000160. The summed E-state index contributed by atoms with van der Waals surface area (Å²) in [6, 6.07) is 21.7. The highest BCUT2D eigenvalue weighted by Gasteiger charge is 2.13. The van der Waals surface area contributed by atoms with Crippen LogP contribution in [-0.2, 0) is 0 Å². The van der Waals surface area contributed by atoms with E-state index in [1.165, 1.54) is 17.7 Å². The largest absolute Gasteiger partial charge is 0.478 e. The molecule has 7 nitrogen and oxygen atoms in total. The van der Waals surface area contributed by atoms with Crippen LogP contribution in [0.3, 0.4) is 0 Å². The van der Waals surface area contributed by atoms with Gasteiger partial charge in [-0.15, -0.1) is 0 Å². The molecular formula is C26H20N2O5. The van der Waals surface area contributed by atoms with Gasteiger partial charge in [0.1, 0.15) is 5.58 Å². The molecule has 0 aliphatic carbocycles. The summed E-state index contributed by atoms with van der Waals surface area (Å²) in [5.74, 6) is -1.59. The van der Waals surface area contributed by atoms with Crippen LogP contribution in [-0.4, -0.2) is 27.5 Å². The number of hydrogen-bond donors (Lipinski definition) is 2. The lowest BCUT2D eigenvalue weighted by atomic mass is 10.0. The Labute approximate surface area is 188 Å². The van der Waals surface area contributed by atoms with E-state index in [0.717, 1.165) is 22.1 Å². The van der Waals surface area contributed by atoms with Crippen molar-refractivity contribution < 1.29 is 23.9 Å². The molecule has 7 heteroatoms. The number of primary amides is 1. The number of carbonyl (C=O) groups excluding carboxylic acids is 2. The highest BCUT2D eigenvalue weighted by atomic mass is 16.4. The van der Waals surface area contributed by atoms with Crippen LogP contribution >= 0.6 is 0 Å². The summed E-state index contributed by atoms with van der Waals surface area (Å²) in [6.07, 6.45) is 3.14. The molecule has 0 aliphatic heterocycles. The number of carboxylic acid groups (broad SMARTS) is 1. The van der Waals surface area contributed by atoms with Crippen molar-refractivity contribution >= 4 is 39.7 Å². The summed E-state index contributed by atoms with van der Waals surface area (Å²) in [5.41, 5.74) is 9.15. The molecule has 0 saturated heterocycles. The lowest BCUT2D eigenvalue weighted by molar-refractivity contribution is 0.0696. The van der Waals surface area contributed by atoms with Gasteiger partial charge < -0.3 is 15.3 Å². The predicted molar refractivity (Wildman–Crippen MR) is 125 cm³/mol. The normalized spacial score (nSPS) is 10.6. The quantitative estimate of drug-likeness (QED) is 0.400. The second kappa shape index (κ2) is 8.84. The third kappa shape index (κ3) is 4.24. The van der Waals surface area contributed by atoms with Crippen molar-refractivity contribution in [2.24, 2.45) is 5.73 Å². The first kappa shape index (κ1) is 21.6. The highest BCUT2D eigenvalue weighted by molar-refractivity contribution is 6.08. The SMILES string of the molecule is CC(=O)n1cc(C(N)=O)c2ccccc21.O=C(O)c1cccc(-c2coc3ccccc23)c1. The second-order valence-electron chi connectivity index (χ2n) is 7.34. The Morgan fingerprint density at radius 2 is 1.61 bits per heavy atom. The maximum absolute atomic E-state index is 11.3. The van der Waals surface area contributed by atoms with Crippen LogP contribution in [0.25, 0.3) is 33.0 Å². The van der Waals surface area contributed by atoms with Gasteiger partial charge >= 0.3 is 5.97 Å². The number of amides is 1. The van der Waals surface area contributed by atoms with Gasteiger partial charge in [-0.25, -0.2) is 4.79 Å². The minimum atomic E-state index is -0.926. The Bertz CT molecular complexity index is 1460. The molecule has 0 spiro atoms. The summed E-state index contributed by atoms with van der Waals surface area (Å²) in [7, 11) is 0. The van der Waals surface area contributed by atoms with E-state index in [-0.39, 0.29) is 11.5 Å². The van der Waals surface area contributed by atoms with E-state index < -0.39 is 11.9 Å². The molecule has 3 N–H and O–H groups in total. The van der Waals surface area contributed by atoms with Gasteiger partial charge in [-0.3, -0.25) is 14.2 Å². The first-order valence-electron chi connectivity index (χ1n) is 10.1. The first-order valence-corrected chi connectivity index (χ1v) is 10.1. The number of carboxylic acids is 1. The minimum absolute atomic E-state index is 0.140. The van der Waals surface area contributed by atoms with Gasteiger partial charge in [-0.05, 0) is 29.8 Å². The molecule has 0 saturated carbocycles. The standard InChI is InChI=1S/C15H10O3.C11H10N2O2/c16-15(17)11-5-3-4-10(8-11)13-9-18-14-7-2-1-6-12(13)14;1-7(14)13-6-9(11(12)15)8-4-2-3-5-10(8)13/h1-9H,(H,16,17);2-6H,1H3,(H2,12,15). The fraction of sp³-hybridized carbons (Fsp3) is 0.0385. The summed E-state index contributed by atoms with van der Waals surface area (Å²) in [6.45, 7) is 1.44. The van der Waals surface area contributed by atoms with Crippen LogP contribution < -0.4 is 5.73 Å². The number of carbonyl (C=O) groups is 3. The van der Waals surface area contributed by atoms with Crippen LogP contribution in [0, 0.1) is 0 Å². The van der Waals surface area contributed by atoms with Crippen LogP contribution in [0.5, 0.6) is 0 Å². The van der Waals surface area contributed by atoms with Crippen molar-refractivity contribution in [3.8, 4) is 11.1 Å². The number of benzene rings is 3. The Morgan fingerprint density at radius 3 is 2.30 bits per heavy atom. The average Bonchev–Trinajstić information content (AvgIpc) is 3.42. The first-order chi connectivity index (χ1) is 15.9. The lowest BCUT2D eigenvalue weighted by Gasteiger charge is -2.00. The van der Waals surface area contributed by atoms with Crippen molar-refractivity contribution in [3.63, 3.8) is 0 Å². The molecule has 0 unspecified atom stereocenters. The predicted octanol–water partition coefficient (Wildman–Crippen LogP) is 5.20. The number of furan rings is 1. The molecular weight excluding hydrogens is 420 g/mol. The van der Waals surface area contributed by atoms with E-state index in [2.05, 4.69) is 0 Å². The monoisotopic (exact) mass is 440 g/mol. The zero-order valence-corrected chi connectivity index (χ0v) is 17.7. The molecule has 3 aromatic carbocycles. The molecule has 2 aromatic heterocycles. The van der Waals surface area contributed by atoms with E-state index in [1.807, 2.05) is 36.4 Å². The van der Waals surface area contributed by atoms with E-state index >= 15 is 0 Å². The van der Waals surface area contributed by atoms with Crippen molar-refractivity contribution in [1.29, 1.82) is 0 Å². The van der Waals surface area contributed by atoms with Gasteiger partial charge in [0, 0.05) is 29.5 Å². The number of hydrogen-bond acceptors (Lipinski definition) is 4. The van der Waals surface area contributed by atoms with Crippen LogP contribution in [0.15, 0.2) is 89.7 Å². The van der Waals surface area contributed by atoms with Gasteiger partial charge in [0.2, 0.25) is 5.91 Å². The van der Waals surface area contributed by atoms with Crippen LogP contribution in [0.1, 0.15) is 32.4 Å². The molecule has 0 radical (unpaired) electrons. The van der Waals surface area contributed by atoms with Crippen LogP contribution in [0.2, 0.25) is 0 Å². The molecule has 0 aliphatic rings. The minimum Gasteiger partial charge on any atom is -0.478 e. The zero-order valence-electron chi connectivity index (χ0n) is 17.7. The third-order valence-corrected chi connectivity index (χ3v) is 5.22. The summed E-state index contributed by atoms with van der Waals surface area (Å²) < 4.78 is 6.88. The van der Waals surface area contributed by atoms with E-state index in [0.29, 0.717) is 16.5 Å². The fourth-order valence-corrected chi connectivity index (χ4v) is 3.66. The Kier molecular flexibility index (Phi) is 5.78. The number of nitrogens with zero attached hydrogens (tertiary/aromatic N) is 1. The second-order valence-corrected chi connectivity index (χ2v) is 7.34. The van der Waals surface area contributed by atoms with Gasteiger partial charge in [0.05, 0.1) is 22.9 Å². The third-order valence-electron chi connectivity index (χ3n) is 5.22. The summed E-state index contributed by atoms with van der Waals surface area (Å²) in [5, 5.41) is 10.7. The van der Waals surface area contributed by atoms with Crippen molar-refractivity contribution in [3.05, 3.63) is 96.4 Å². The van der Waals surface area contributed by atoms with Gasteiger partial charge in [0.15, 0.2) is 0 Å². The number of fused-ring (bicyclic) bond motifs is 2. The molecule has 1 amide bonds. The fourth-order valence-electron chi connectivity index (χ4n) is 3.66. The molecule has 5 rings (SSSR count). The lowest BCUT2D eigenvalue weighted by Crippen LogP contribution is -2.10. The van der Waals surface area contributed by atoms with Gasteiger partial charge in [-0.1, -0.05) is 48.5 Å². The Morgan fingerprint density at radius 1 is 0.909 bits per heavy atom. The molecule has 5 aromatic rings. The van der Waals surface area contributed by atoms with Gasteiger partial charge in [-0.2, -0.15) is 0 Å². The molecule has 0 fully saturated rings. The summed E-state index contributed by atoms with van der Waals surface area (Å²) in [4.78, 5) is 33.4. The number of aromatic carboxylic acids is 1. The molecule has 0 bridgehead atoms. The Hall–Kier alpha value is -4.65. The smallest absolute Gasteiger partial charge is 0.335 e. The zero-order chi connectivity index (χ0) is 23.5. The molecule has 0 atom stereocenters. The number of aromatic nitrogens is 1. The average molecular weight is 440 g/mol.